The first-order chi connectivity index (χ1) is 7.86. The number of rotatable bonds is 7. The first kappa shape index (κ1) is 14.9. The van der Waals surface area contributed by atoms with Gasteiger partial charge in [0, 0.05) is 11.6 Å². The van der Waals surface area contributed by atoms with Crippen LogP contribution < -0.4 is 0 Å². The fraction of sp³-hybridized carbons (Fsp3) is 0.364. The lowest BCUT2D eigenvalue weighted by atomic mass is 10.2. The third-order valence-corrected chi connectivity index (χ3v) is 1.59. The van der Waals surface area contributed by atoms with Crippen LogP contribution in [0.15, 0.2) is 24.8 Å². The molecule has 0 aliphatic carbocycles. The highest BCUT2D eigenvalue weighted by Gasteiger charge is 2.14. The third kappa shape index (κ3) is 6.88. The normalized spacial score (nSPS) is 11.1. The van der Waals surface area contributed by atoms with E-state index in [1.165, 1.54) is 6.92 Å². The molecule has 0 rings (SSSR count). The minimum absolute atomic E-state index is 0.167. The number of esters is 2. The maximum Gasteiger partial charge on any atom is 0.334 e. The highest BCUT2D eigenvalue weighted by atomic mass is 16.6. The topological polar surface area (TPSA) is 89.9 Å². The van der Waals surface area contributed by atoms with E-state index in [1.807, 2.05) is 0 Å². The van der Waals surface area contributed by atoms with E-state index >= 15 is 0 Å². The largest absolute Gasteiger partial charge is 0.481 e. The fourth-order valence-electron chi connectivity index (χ4n) is 0.830. The summed E-state index contributed by atoms with van der Waals surface area (Å²) in [5.41, 5.74) is -0.167. The van der Waals surface area contributed by atoms with Gasteiger partial charge in [-0.1, -0.05) is 13.2 Å². The lowest BCUT2D eigenvalue weighted by Gasteiger charge is -2.12. The molecule has 1 unspecified atom stereocenters. The Balaban J connectivity index is 3.98. The van der Waals surface area contributed by atoms with E-state index in [1.54, 1.807) is 0 Å². The van der Waals surface area contributed by atoms with Gasteiger partial charge >= 0.3 is 17.9 Å². The molecule has 1 atom stereocenters. The second kappa shape index (κ2) is 7.21. The number of carbonyl (C=O) groups is 3. The van der Waals surface area contributed by atoms with Gasteiger partial charge in [-0.05, 0) is 6.92 Å². The van der Waals surface area contributed by atoms with Crippen molar-refractivity contribution in [2.45, 2.75) is 19.4 Å². The van der Waals surface area contributed by atoms with E-state index in [9.17, 15) is 14.4 Å². The molecule has 0 aliphatic rings. The Morgan fingerprint density at radius 3 is 2.47 bits per heavy atom. The molecule has 17 heavy (non-hydrogen) atoms. The molecule has 0 spiro atoms. The van der Waals surface area contributed by atoms with Crippen LogP contribution in [-0.4, -0.2) is 35.7 Å². The van der Waals surface area contributed by atoms with E-state index in [2.05, 4.69) is 13.2 Å². The van der Waals surface area contributed by atoms with Crippen molar-refractivity contribution in [3.05, 3.63) is 24.8 Å². The summed E-state index contributed by atoms with van der Waals surface area (Å²) in [5.74, 6) is -2.62. The predicted molar refractivity (Wildman–Crippen MR) is 58.1 cm³/mol. The molecule has 0 fully saturated rings. The second-order valence-electron chi connectivity index (χ2n) is 3.22. The molecular weight excluding hydrogens is 228 g/mol. The molecule has 6 nitrogen and oxygen atoms in total. The summed E-state index contributed by atoms with van der Waals surface area (Å²) in [6.07, 6.45) is -0.136. The zero-order valence-corrected chi connectivity index (χ0v) is 9.47. The molecule has 0 saturated heterocycles. The smallest absolute Gasteiger partial charge is 0.334 e. The zero-order valence-electron chi connectivity index (χ0n) is 9.47. The van der Waals surface area contributed by atoms with E-state index in [4.69, 9.17) is 14.6 Å². The number of hydrogen-bond acceptors (Lipinski definition) is 5. The molecular formula is C11H14O6. The van der Waals surface area contributed by atoms with Crippen LogP contribution in [0, 0.1) is 0 Å². The summed E-state index contributed by atoms with van der Waals surface area (Å²) in [5, 5.41) is 8.41. The Kier molecular flexibility index (Phi) is 6.32. The van der Waals surface area contributed by atoms with Gasteiger partial charge in [0.15, 0.2) is 0 Å². The molecule has 94 valence electrons. The van der Waals surface area contributed by atoms with Crippen LogP contribution in [0.2, 0.25) is 0 Å². The Hall–Kier alpha value is -2.11. The molecule has 0 aromatic heterocycles. The molecule has 0 bridgehead atoms. The second-order valence-corrected chi connectivity index (χ2v) is 3.22. The average Bonchev–Trinajstić information content (AvgIpc) is 2.24. The van der Waals surface area contributed by atoms with Gasteiger partial charge in [-0.25, -0.2) is 9.59 Å². The van der Waals surface area contributed by atoms with Crippen LogP contribution in [-0.2, 0) is 23.9 Å². The fourth-order valence-corrected chi connectivity index (χ4v) is 0.830. The van der Waals surface area contributed by atoms with Gasteiger partial charge in [-0.3, -0.25) is 4.79 Å². The van der Waals surface area contributed by atoms with Gasteiger partial charge in [0.05, 0.1) is 6.42 Å². The monoisotopic (exact) mass is 242 g/mol. The number of carboxylic acid groups (broad SMARTS) is 1. The summed E-state index contributed by atoms with van der Waals surface area (Å²) < 4.78 is 9.43. The first-order valence-corrected chi connectivity index (χ1v) is 4.76. The lowest BCUT2D eigenvalue weighted by Crippen LogP contribution is -2.22. The highest BCUT2D eigenvalue weighted by Crippen LogP contribution is 2.02. The van der Waals surface area contributed by atoms with E-state index < -0.39 is 30.4 Å². The number of ether oxygens (including phenoxy) is 2. The van der Waals surface area contributed by atoms with Crippen molar-refractivity contribution in [1.29, 1.82) is 0 Å². The van der Waals surface area contributed by atoms with E-state index in [-0.39, 0.29) is 12.2 Å². The molecule has 0 aromatic rings. The molecule has 0 heterocycles. The standard InChI is InChI=1S/C11H14O6/c1-4-10(14)17-8(3)6-16-11(15)7(2)5-9(12)13/h4,8H,1-2,5-6H2,3H3,(H,12,13). The maximum absolute atomic E-state index is 11.2. The van der Waals surface area contributed by atoms with Gasteiger partial charge in [0.2, 0.25) is 0 Å². The summed E-state index contributed by atoms with van der Waals surface area (Å²) >= 11 is 0. The van der Waals surface area contributed by atoms with Crippen molar-refractivity contribution in [2.75, 3.05) is 6.61 Å². The van der Waals surface area contributed by atoms with Crippen molar-refractivity contribution < 1.29 is 29.0 Å². The summed E-state index contributed by atoms with van der Waals surface area (Å²) in [4.78, 5) is 32.3. The van der Waals surface area contributed by atoms with Crippen LogP contribution >= 0.6 is 0 Å². The maximum atomic E-state index is 11.2. The van der Waals surface area contributed by atoms with Gasteiger partial charge in [0.1, 0.15) is 12.7 Å². The van der Waals surface area contributed by atoms with Gasteiger partial charge in [0.25, 0.3) is 0 Å². The molecule has 0 aliphatic heterocycles. The van der Waals surface area contributed by atoms with Crippen molar-refractivity contribution >= 4 is 17.9 Å². The minimum Gasteiger partial charge on any atom is -0.481 e. The SMILES string of the molecule is C=CC(=O)OC(C)COC(=O)C(=C)CC(=O)O. The molecule has 6 heteroatoms. The summed E-state index contributed by atoms with van der Waals surface area (Å²) in [6, 6.07) is 0. The Morgan fingerprint density at radius 2 is 2.00 bits per heavy atom. The average molecular weight is 242 g/mol. The molecule has 0 saturated carbocycles. The quantitative estimate of drug-likeness (QED) is 0.521. The number of hydrogen-bond donors (Lipinski definition) is 1. The number of carbonyl (C=O) groups excluding carboxylic acids is 2. The highest BCUT2D eigenvalue weighted by molar-refractivity contribution is 5.92. The summed E-state index contributed by atoms with van der Waals surface area (Å²) in [6.45, 7) is 7.83. The Bertz CT molecular complexity index is 344. The number of aliphatic carboxylic acids is 1. The predicted octanol–water partition coefficient (Wildman–Crippen LogP) is 0.678. The zero-order chi connectivity index (χ0) is 13.4. The van der Waals surface area contributed by atoms with Crippen LogP contribution in [0.4, 0.5) is 0 Å². The van der Waals surface area contributed by atoms with E-state index in [0.29, 0.717) is 0 Å². The van der Waals surface area contributed by atoms with Gasteiger partial charge in [-0.15, -0.1) is 0 Å². The van der Waals surface area contributed by atoms with Crippen LogP contribution in [0.1, 0.15) is 13.3 Å². The van der Waals surface area contributed by atoms with Crippen molar-refractivity contribution in [2.24, 2.45) is 0 Å². The van der Waals surface area contributed by atoms with E-state index in [0.717, 1.165) is 6.08 Å². The molecule has 0 amide bonds. The Labute approximate surface area is 98.5 Å². The Morgan fingerprint density at radius 1 is 1.41 bits per heavy atom. The molecule has 0 aromatic carbocycles. The van der Waals surface area contributed by atoms with Crippen molar-refractivity contribution in [3.8, 4) is 0 Å². The molecule has 0 radical (unpaired) electrons. The van der Waals surface area contributed by atoms with Crippen LogP contribution in [0.25, 0.3) is 0 Å². The lowest BCUT2D eigenvalue weighted by molar-refractivity contribution is -0.152. The first-order valence-electron chi connectivity index (χ1n) is 4.76. The van der Waals surface area contributed by atoms with Crippen molar-refractivity contribution in [1.82, 2.24) is 0 Å². The molecule has 1 N–H and O–H groups in total. The van der Waals surface area contributed by atoms with Gasteiger partial charge < -0.3 is 14.6 Å². The summed E-state index contributed by atoms with van der Waals surface area (Å²) in [7, 11) is 0. The third-order valence-electron chi connectivity index (χ3n) is 1.59. The van der Waals surface area contributed by atoms with Crippen molar-refractivity contribution in [3.63, 3.8) is 0 Å². The van der Waals surface area contributed by atoms with Crippen LogP contribution in [0.5, 0.6) is 0 Å². The van der Waals surface area contributed by atoms with Crippen LogP contribution in [0.3, 0.4) is 0 Å². The van der Waals surface area contributed by atoms with Gasteiger partial charge in [-0.2, -0.15) is 0 Å². The minimum atomic E-state index is -1.17. The number of carboxylic acids is 1.